The topological polar surface area (TPSA) is 56.5 Å². The Morgan fingerprint density at radius 3 is 2.82 bits per heavy atom. The molecule has 1 aliphatic rings. The molecule has 1 aromatic rings. The van der Waals surface area contributed by atoms with Gasteiger partial charge >= 0.3 is 6.03 Å². The first kappa shape index (κ1) is 11.6. The van der Waals surface area contributed by atoms with Gasteiger partial charge in [-0.1, -0.05) is 18.2 Å². The van der Waals surface area contributed by atoms with Crippen LogP contribution in [0.15, 0.2) is 35.4 Å². The molecule has 0 aromatic heterocycles. The van der Waals surface area contributed by atoms with Crippen molar-refractivity contribution in [2.75, 3.05) is 25.0 Å². The second kappa shape index (κ2) is 6.00. The summed E-state index contributed by atoms with van der Waals surface area (Å²) in [6.45, 7) is 3.40. The zero-order valence-electron chi connectivity index (χ0n) is 9.60. The van der Waals surface area contributed by atoms with Gasteiger partial charge in [-0.05, 0) is 18.6 Å². The Morgan fingerprint density at radius 1 is 1.35 bits per heavy atom. The van der Waals surface area contributed by atoms with Crippen molar-refractivity contribution in [2.45, 2.75) is 6.42 Å². The molecule has 17 heavy (non-hydrogen) atoms. The van der Waals surface area contributed by atoms with Crippen molar-refractivity contribution in [3.63, 3.8) is 0 Å². The number of anilines is 1. The molecule has 1 aromatic carbocycles. The normalized spacial score (nSPS) is 14.8. The molecule has 5 heteroatoms. The smallest absolute Gasteiger partial charge is 0.307 e. The number of nitrogens with zero attached hydrogens (tertiary/aromatic N) is 2. The molecular weight excluding hydrogens is 216 g/mol. The number of hydrazone groups is 1. The van der Waals surface area contributed by atoms with Crippen LogP contribution in [0.25, 0.3) is 0 Å². The third kappa shape index (κ3) is 4.65. The predicted octanol–water partition coefficient (Wildman–Crippen LogP) is 1.50. The van der Waals surface area contributed by atoms with Gasteiger partial charge in [-0.2, -0.15) is 5.10 Å². The van der Waals surface area contributed by atoms with Crippen LogP contribution in [0.3, 0.4) is 0 Å². The Hall–Kier alpha value is -1.88. The number of para-hydroxylation sites is 1. The van der Waals surface area contributed by atoms with Gasteiger partial charge in [0.05, 0.1) is 0 Å². The molecule has 0 bridgehead atoms. The molecule has 1 saturated heterocycles. The highest BCUT2D eigenvalue weighted by atomic mass is 16.2. The maximum atomic E-state index is 11.4. The van der Waals surface area contributed by atoms with Crippen LogP contribution in [0.1, 0.15) is 6.42 Å². The van der Waals surface area contributed by atoms with Crippen LogP contribution >= 0.6 is 0 Å². The van der Waals surface area contributed by atoms with Crippen LogP contribution < -0.4 is 10.7 Å². The Labute approximate surface area is 101 Å². The molecule has 0 unspecified atom stereocenters. The van der Waals surface area contributed by atoms with Gasteiger partial charge in [0.25, 0.3) is 0 Å². The molecule has 90 valence electrons. The van der Waals surface area contributed by atoms with E-state index in [9.17, 15) is 4.79 Å². The molecule has 5 nitrogen and oxygen atoms in total. The summed E-state index contributed by atoms with van der Waals surface area (Å²) >= 11 is 0. The molecule has 0 aliphatic carbocycles. The van der Waals surface area contributed by atoms with Gasteiger partial charge in [-0.25, -0.2) is 10.2 Å². The van der Waals surface area contributed by atoms with Crippen molar-refractivity contribution < 1.29 is 4.79 Å². The monoisotopic (exact) mass is 232 g/mol. The predicted molar refractivity (Wildman–Crippen MR) is 68.1 cm³/mol. The van der Waals surface area contributed by atoms with Crippen LogP contribution in [0, 0.1) is 0 Å². The Balaban J connectivity index is 1.63. The Morgan fingerprint density at radius 2 is 2.12 bits per heavy atom. The van der Waals surface area contributed by atoms with E-state index < -0.39 is 0 Å². The molecule has 0 saturated carbocycles. The van der Waals surface area contributed by atoms with Crippen molar-refractivity contribution in [1.29, 1.82) is 0 Å². The van der Waals surface area contributed by atoms with E-state index in [1.54, 1.807) is 6.21 Å². The van der Waals surface area contributed by atoms with Gasteiger partial charge < -0.3 is 10.2 Å². The summed E-state index contributed by atoms with van der Waals surface area (Å²) in [5.41, 5.74) is 3.18. The highest BCUT2D eigenvalue weighted by Crippen LogP contribution is 2.04. The number of rotatable bonds is 5. The van der Waals surface area contributed by atoms with E-state index >= 15 is 0 Å². The van der Waals surface area contributed by atoms with E-state index in [4.69, 9.17) is 0 Å². The first-order valence-corrected chi connectivity index (χ1v) is 5.70. The second-order valence-electron chi connectivity index (χ2n) is 3.87. The number of hydrogen-bond acceptors (Lipinski definition) is 3. The quantitative estimate of drug-likeness (QED) is 0.459. The van der Waals surface area contributed by atoms with Crippen LogP contribution in [0.4, 0.5) is 10.5 Å². The summed E-state index contributed by atoms with van der Waals surface area (Å²) in [6, 6.07) is 8.95. The van der Waals surface area contributed by atoms with Gasteiger partial charge in [0.2, 0.25) is 0 Å². The lowest BCUT2D eigenvalue weighted by Crippen LogP contribution is -2.24. The summed E-state index contributed by atoms with van der Waals surface area (Å²) in [7, 11) is 0. The van der Waals surface area contributed by atoms with Crippen molar-refractivity contribution >= 4 is 17.9 Å². The van der Waals surface area contributed by atoms with Crippen LogP contribution in [-0.4, -0.2) is 36.8 Å². The van der Waals surface area contributed by atoms with E-state index in [2.05, 4.69) is 20.7 Å². The van der Waals surface area contributed by atoms with Crippen LogP contribution in [-0.2, 0) is 0 Å². The molecule has 1 heterocycles. The Bertz CT molecular complexity index is 387. The van der Waals surface area contributed by atoms with E-state index in [0.29, 0.717) is 0 Å². The number of hydrogen-bond donors (Lipinski definition) is 2. The lowest BCUT2D eigenvalue weighted by atomic mass is 10.3. The lowest BCUT2D eigenvalue weighted by Gasteiger charge is -2.03. The van der Waals surface area contributed by atoms with Crippen molar-refractivity contribution in [3.8, 4) is 0 Å². The first-order valence-electron chi connectivity index (χ1n) is 5.70. The molecule has 0 spiro atoms. The van der Waals surface area contributed by atoms with Gasteiger partial charge in [-0.15, -0.1) is 0 Å². The van der Waals surface area contributed by atoms with Crippen molar-refractivity contribution in [1.82, 2.24) is 10.3 Å². The third-order valence-electron chi connectivity index (χ3n) is 2.40. The number of benzene rings is 1. The number of urea groups is 1. The highest BCUT2D eigenvalue weighted by molar-refractivity contribution is 5.89. The maximum absolute atomic E-state index is 11.4. The van der Waals surface area contributed by atoms with Gasteiger partial charge in [0.1, 0.15) is 0 Å². The summed E-state index contributed by atoms with van der Waals surface area (Å²) in [4.78, 5) is 13.7. The van der Waals surface area contributed by atoms with E-state index in [-0.39, 0.29) is 6.03 Å². The zero-order valence-corrected chi connectivity index (χ0v) is 9.60. The van der Waals surface area contributed by atoms with E-state index in [1.165, 1.54) is 13.1 Å². The SMILES string of the molecule is O=C(N/N=C/CCN1CC1)Nc1ccccc1. The number of carbonyl (C=O) groups excluding carboxylic acids is 1. The minimum Gasteiger partial charge on any atom is -0.307 e. The molecule has 1 aliphatic heterocycles. The number of amides is 2. The van der Waals surface area contributed by atoms with Crippen molar-refractivity contribution in [2.24, 2.45) is 5.10 Å². The summed E-state index contributed by atoms with van der Waals surface area (Å²) in [5.74, 6) is 0. The fourth-order valence-electron chi connectivity index (χ4n) is 1.38. The van der Waals surface area contributed by atoms with Crippen molar-refractivity contribution in [3.05, 3.63) is 30.3 Å². The fraction of sp³-hybridized carbons (Fsp3) is 0.333. The molecule has 1 fully saturated rings. The van der Waals surface area contributed by atoms with Gasteiger partial charge in [-0.3, -0.25) is 0 Å². The summed E-state index contributed by atoms with van der Waals surface area (Å²) in [5, 5.41) is 6.53. The molecule has 0 atom stereocenters. The van der Waals surface area contributed by atoms with Gasteiger partial charge in [0.15, 0.2) is 0 Å². The zero-order chi connectivity index (χ0) is 11.9. The summed E-state index contributed by atoms with van der Waals surface area (Å²) in [6.07, 6.45) is 2.59. The van der Waals surface area contributed by atoms with Crippen LogP contribution in [0.2, 0.25) is 0 Å². The highest BCUT2D eigenvalue weighted by Gasteiger charge is 2.14. The standard InChI is InChI=1S/C12H16N4O/c17-12(14-11-5-2-1-3-6-11)15-13-7-4-8-16-9-10-16/h1-3,5-7H,4,8-10H2,(H2,14,15,17)/b13-7+. The number of nitrogens with one attached hydrogen (secondary N) is 2. The van der Waals surface area contributed by atoms with Crippen LogP contribution in [0.5, 0.6) is 0 Å². The fourth-order valence-corrected chi connectivity index (χ4v) is 1.38. The van der Waals surface area contributed by atoms with E-state index in [0.717, 1.165) is 18.7 Å². The minimum absolute atomic E-state index is 0.320. The molecule has 0 radical (unpaired) electrons. The molecule has 2 amide bonds. The Kier molecular flexibility index (Phi) is 4.10. The average Bonchev–Trinajstić information content (AvgIpc) is 3.14. The minimum atomic E-state index is -0.320. The van der Waals surface area contributed by atoms with E-state index in [1.807, 2.05) is 30.3 Å². The summed E-state index contributed by atoms with van der Waals surface area (Å²) < 4.78 is 0. The second-order valence-corrected chi connectivity index (χ2v) is 3.87. The largest absolute Gasteiger partial charge is 0.339 e. The lowest BCUT2D eigenvalue weighted by molar-refractivity contribution is 0.252. The number of carbonyl (C=O) groups is 1. The van der Waals surface area contributed by atoms with Gasteiger partial charge in [0, 0.05) is 31.5 Å². The third-order valence-corrected chi connectivity index (χ3v) is 2.40. The average molecular weight is 232 g/mol. The molecule has 2 N–H and O–H groups in total. The molecular formula is C12H16N4O. The first-order chi connectivity index (χ1) is 8.34. The molecule has 2 rings (SSSR count). The maximum Gasteiger partial charge on any atom is 0.339 e.